The van der Waals surface area contributed by atoms with Crippen molar-refractivity contribution in [3.05, 3.63) is 22.8 Å². The molecular weight excluding hydrogens is 220 g/mol. The van der Waals surface area contributed by atoms with Crippen molar-refractivity contribution in [3.8, 4) is 11.5 Å². The van der Waals surface area contributed by atoms with E-state index in [1.807, 2.05) is 19.9 Å². The van der Waals surface area contributed by atoms with Gasteiger partial charge in [0.05, 0.1) is 20.1 Å². The molecule has 0 aliphatic carbocycles. The van der Waals surface area contributed by atoms with Crippen LogP contribution in [-0.4, -0.2) is 25.3 Å². The zero-order valence-electron chi connectivity index (χ0n) is 10.8. The van der Waals surface area contributed by atoms with E-state index < -0.39 is 11.9 Å². The molecule has 0 radical (unpaired) electrons. The van der Waals surface area contributed by atoms with E-state index in [0.717, 1.165) is 16.7 Å². The maximum absolute atomic E-state index is 11.0. The smallest absolute Gasteiger partial charge is 0.310 e. The molecule has 0 aliphatic heterocycles. The van der Waals surface area contributed by atoms with Crippen LogP contribution >= 0.6 is 0 Å². The Kier molecular flexibility index (Phi) is 3.99. The average molecular weight is 238 g/mol. The van der Waals surface area contributed by atoms with Crippen LogP contribution in [0.2, 0.25) is 0 Å². The van der Waals surface area contributed by atoms with E-state index in [4.69, 9.17) is 14.6 Å². The molecule has 1 aromatic carbocycles. The number of carbonyl (C=O) groups is 1. The largest absolute Gasteiger partial charge is 0.493 e. The van der Waals surface area contributed by atoms with Crippen LogP contribution in [0.5, 0.6) is 11.5 Å². The summed E-state index contributed by atoms with van der Waals surface area (Å²) in [5, 5.41) is 9.07. The fourth-order valence-corrected chi connectivity index (χ4v) is 1.97. The molecule has 4 nitrogen and oxygen atoms in total. The lowest BCUT2D eigenvalue weighted by Gasteiger charge is -2.18. The molecule has 0 amide bonds. The molecule has 0 aromatic heterocycles. The molecule has 1 unspecified atom stereocenters. The van der Waals surface area contributed by atoms with Crippen molar-refractivity contribution in [1.29, 1.82) is 0 Å². The van der Waals surface area contributed by atoms with E-state index in [9.17, 15) is 4.79 Å². The summed E-state index contributed by atoms with van der Waals surface area (Å²) in [5.41, 5.74) is 2.44. The zero-order valence-corrected chi connectivity index (χ0v) is 10.8. The Bertz CT molecular complexity index is 438. The lowest BCUT2D eigenvalue weighted by molar-refractivity contribution is -0.138. The van der Waals surface area contributed by atoms with Gasteiger partial charge in [-0.15, -0.1) is 0 Å². The van der Waals surface area contributed by atoms with Crippen LogP contribution in [0.1, 0.15) is 29.5 Å². The van der Waals surface area contributed by atoms with Gasteiger partial charge in [0.1, 0.15) is 0 Å². The van der Waals surface area contributed by atoms with Crippen molar-refractivity contribution in [2.45, 2.75) is 26.7 Å². The lowest BCUT2D eigenvalue weighted by Crippen LogP contribution is -2.10. The maximum Gasteiger partial charge on any atom is 0.310 e. The van der Waals surface area contributed by atoms with Crippen LogP contribution in [0.15, 0.2) is 6.07 Å². The van der Waals surface area contributed by atoms with Crippen LogP contribution in [0.3, 0.4) is 0 Å². The predicted octanol–water partition coefficient (Wildman–Crippen LogP) is 2.51. The highest BCUT2D eigenvalue weighted by Gasteiger charge is 2.22. The maximum atomic E-state index is 11.0. The van der Waals surface area contributed by atoms with Gasteiger partial charge >= 0.3 is 5.97 Å². The van der Waals surface area contributed by atoms with Crippen molar-refractivity contribution < 1.29 is 19.4 Å². The van der Waals surface area contributed by atoms with E-state index in [2.05, 4.69) is 0 Å². The van der Waals surface area contributed by atoms with Gasteiger partial charge in [-0.05, 0) is 37.5 Å². The number of carboxylic acid groups (broad SMARTS) is 1. The molecular formula is C13H18O4. The zero-order chi connectivity index (χ0) is 13.2. The summed E-state index contributed by atoms with van der Waals surface area (Å²) in [6, 6.07) is 1.84. The summed E-state index contributed by atoms with van der Waals surface area (Å²) in [7, 11) is 3.13. The van der Waals surface area contributed by atoms with Gasteiger partial charge in [-0.2, -0.15) is 0 Å². The Morgan fingerprint density at radius 2 is 1.76 bits per heavy atom. The Morgan fingerprint density at radius 3 is 2.18 bits per heavy atom. The molecule has 94 valence electrons. The first-order chi connectivity index (χ1) is 7.93. The molecule has 1 N–H and O–H groups in total. The quantitative estimate of drug-likeness (QED) is 0.875. The van der Waals surface area contributed by atoms with Gasteiger partial charge in [-0.3, -0.25) is 4.79 Å². The lowest BCUT2D eigenvalue weighted by atomic mass is 9.93. The highest BCUT2D eigenvalue weighted by molar-refractivity contribution is 5.77. The fraction of sp³-hybridized carbons (Fsp3) is 0.462. The topological polar surface area (TPSA) is 55.8 Å². The summed E-state index contributed by atoms with van der Waals surface area (Å²) in [6.07, 6.45) is 0. The van der Waals surface area contributed by atoms with Crippen molar-refractivity contribution in [1.82, 2.24) is 0 Å². The minimum atomic E-state index is -0.847. The first-order valence-electron chi connectivity index (χ1n) is 5.38. The molecule has 0 bridgehead atoms. The van der Waals surface area contributed by atoms with Gasteiger partial charge in [-0.1, -0.05) is 6.07 Å². The van der Waals surface area contributed by atoms with Crippen LogP contribution < -0.4 is 9.47 Å². The molecule has 0 aliphatic rings. The molecule has 1 aromatic rings. The minimum absolute atomic E-state index is 0.562. The van der Waals surface area contributed by atoms with Gasteiger partial charge in [0, 0.05) is 0 Å². The molecule has 4 heteroatoms. The first-order valence-corrected chi connectivity index (χ1v) is 5.38. The number of hydrogen-bond acceptors (Lipinski definition) is 3. The molecule has 0 heterocycles. The van der Waals surface area contributed by atoms with Gasteiger partial charge in [0.15, 0.2) is 11.5 Å². The van der Waals surface area contributed by atoms with Crippen molar-refractivity contribution in [2.75, 3.05) is 14.2 Å². The Hall–Kier alpha value is -1.71. The Balaban J connectivity index is 3.45. The van der Waals surface area contributed by atoms with E-state index in [1.54, 1.807) is 21.1 Å². The average Bonchev–Trinajstić information content (AvgIpc) is 2.29. The Morgan fingerprint density at radius 1 is 1.24 bits per heavy atom. The molecule has 0 saturated carbocycles. The van der Waals surface area contributed by atoms with E-state index in [1.165, 1.54) is 0 Å². The molecule has 0 spiro atoms. The summed E-state index contributed by atoms with van der Waals surface area (Å²) in [6.45, 7) is 5.38. The number of aryl methyl sites for hydroxylation is 1. The number of benzene rings is 1. The van der Waals surface area contributed by atoms with E-state index in [-0.39, 0.29) is 0 Å². The van der Waals surface area contributed by atoms with Gasteiger partial charge in [-0.25, -0.2) is 0 Å². The third-order valence-corrected chi connectivity index (χ3v) is 2.96. The van der Waals surface area contributed by atoms with Crippen LogP contribution in [0, 0.1) is 13.8 Å². The highest BCUT2D eigenvalue weighted by atomic mass is 16.5. The number of rotatable bonds is 4. The fourth-order valence-electron chi connectivity index (χ4n) is 1.97. The number of aliphatic carboxylic acids is 1. The van der Waals surface area contributed by atoms with Crippen LogP contribution in [0.25, 0.3) is 0 Å². The van der Waals surface area contributed by atoms with Crippen LogP contribution in [0.4, 0.5) is 0 Å². The molecule has 17 heavy (non-hydrogen) atoms. The monoisotopic (exact) mass is 238 g/mol. The first kappa shape index (κ1) is 13.4. The van der Waals surface area contributed by atoms with Gasteiger partial charge < -0.3 is 14.6 Å². The molecule has 1 rings (SSSR count). The van der Waals surface area contributed by atoms with E-state index in [0.29, 0.717) is 11.5 Å². The number of methoxy groups -OCH3 is 2. The second kappa shape index (κ2) is 5.08. The summed E-state index contributed by atoms with van der Waals surface area (Å²) >= 11 is 0. The Labute approximate surface area is 101 Å². The molecule has 1 atom stereocenters. The van der Waals surface area contributed by atoms with Crippen LogP contribution in [-0.2, 0) is 4.79 Å². The van der Waals surface area contributed by atoms with Gasteiger partial charge in [0.25, 0.3) is 0 Å². The standard InChI is InChI=1S/C13H18O4/c1-7-6-10(9(3)13(14)15)8(2)12(17-5)11(7)16-4/h6,9H,1-5H3,(H,14,15). The summed E-state index contributed by atoms with van der Waals surface area (Å²) in [4.78, 5) is 11.0. The third kappa shape index (κ3) is 2.35. The van der Waals surface area contributed by atoms with Crippen molar-refractivity contribution in [3.63, 3.8) is 0 Å². The summed E-state index contributed by atoms with van der Waals surface area (Å²) in [5.74, 6) is -0.143. The second-order valence-electron chi connectivity index (χ2n) is 4.03. The van der Waals surface area contributed by atoms with E-state index >= 15 is 0 Å². The SMILES string of the molecule is COc1c(C)cc(C(C)C(=O)O)c(C)c1OC. The number of hydrogen-bond donors (Lipinski definition) is 1. The molecule has 0 fully saturated rings. The normalized spacial score (nSPS) is 12.1. The number of ether oxygens (including phenoxy) is 2. The minimum Gasteiger partial charge on any atom is -0.493 e. The van der Waals surface area contributed by atoms with Crippen molar-refractivity contribution in [2.24, 2.45) is 0 Å². The number of carboxylic acids is 1. The third-order valence-electron chi connectivity index (χ3n) is 2.96. The predicted molar refractivity (Wildman–Crippen MR) is 65.1 cm³/mol. The van der Waals surface area contributed by atoms with Crippen molar-refractivity contribution >= 4 is 5.97 Å². The second-order valence-corrected chi connectivity index (χ2v) is 4.03. The molecule has 0 saturated heterocycles. The highest BCUT2D eigenvalue weighted by Crippen LogP contribution is 2.38. The summed E-state index contributed by atoms with van der Waals surface area (Å²) < 4.78 is 10.6. The van der Waals surface area contributed by atoms with Gasteiger partial charge in [0.2, 0.25) is 0 Å².